The summed E-state index contributed by atoms with van der Waals surface area (Å²) in [4.78, 5) is 31.6. The van der Waals surface area contributed by atoms with Crippen molar-refractivity contribution in [3.63, 3.8) is 0 Å². The number of methoxy groups -OCH3 is 1. The Morgan fingerprint density at radius 3 is 2.28 bits per heavy atom. The predicted molar refractivity (Wildman–Crippen MR) is 142 cm³/mol. The quantitative estimate of drug-likeness (QED) is 0.380. The van der Waals surface area contributed by atoms with Gasteiger partial charge in [-0.3, -0.25) is 18.8 Å². The number of benzene rings is 2. The summed E-state index contributed by atoms with van der Waals surface area (Å²) in [5, 5.41) is 2.40. The third-order valence-electron chi connectivity index (χ3n) is 7.02. The highest BCUT2D eigenvalue weighted by Gasteiger charge is 2.46. The van der Waals surface area contributed by atoms with Gasteiger partial charge < -0.3 is 14.8 Å². The lowest BCUT2D eigenvalue weighted by Gasteiger charge is -2.20. The molecule has 0 radical (unpaired) electrons. The SMILES string of the molecule is COc1cc(F)c([C@@H]2CN(c3nc(N4CCCS4(=O)=O)ccc3F)C(=O)[C@H]2NC(=O)c2ccc(OC(F)F)cc2)c(F)c1. The minimum atomic E-state index is -3.72. The number of aromatic nitrogens is 1. The largest absolute Gasteiger partial charge is 0.497 e. The Kier molecular flexibility index (Phi) is 8.14. The van der Waals surface area contributed by atoms with E-state index in [1.807, 2.05) is 0 Å². The number of amides is 2. The van der Waals surface area contributed by atoms with Crippen LogP contribution in [0, 0.1) is 17.5 Å². The van der Waals surface area contributed by atoms with Crippen LogP contribution in [0.1, 0.15) is 28.3 Å². The molecule has 2 fully saturated rings. The monoisotopic (exact) mass is 626 g/mol. The number of ether oxygens (including phenoxy) is 2. The molecular formula is C27H23F5N4O6S. The third-order valence-corrected chi connectivity index (χ3v) is 8.87. The van der Waals surface area contributed by atoms with Crippen LogP contribution in [0.5, 0.6) is 11.5 Å². The summed E-state index contributed by atoms with van der Waals surface area (Å²) >= 11 is 0. The van der Waals surface area contributed by atoms with Crippen LogP contribution >= 0.6 is 0 Å². The number of hydrogen-bond donors (Lipinski definition) is 1. The van der Waals surface area contributed by atoms with E-state index in [0.717, 1.165) is 57.7 Å². The van der Waals surface area contributed by atoms with Crippen LogP contribution in [0.4, 0.5) is 33.6 Å². The number of hydrogen-bond acceptors (Lipinski definition) is 7. The minimum Gasteiger partial charge on any atom is -0.497 e. The van der Waals surface area contributed by atoms with Crippen LogP contribution < -0.4 is 24.0 Å². The van der Waals surface area contributed by atoms with Gasteiger partial charge in [0.15, 0.2) is 11.6 Å². The molecule has 1 N–H and O–H groups in total. The van der Waals surface area contributed by atoms with Crippen molar-refractivity contribution in [3.8, 4) is 11.5 Å². The summed E-state index contributed by atoms with van der Waals surface area (Å²) in [6, 6.07) is 6.59. The van der Waals surface area contributed by atoms with E-state index in [2.05, 4.69) is 15.0 Å². The van der Waals surface area contributed by atoms with E-state index in [9.17, 15) is 26.8 Å². The second-order valence-corrected chi connectivity index (χ2v) is 11.6. The molecule has 16 heteroatoms. The molecule has 0 spiro atoms. The number of nitrogens with one attached hydrogen (secondary N) is 1. The van der Waals surface area contributed by atoms with Gasteiger partial charge in [0.25, 0.3) is 11.8 Å². The van der Waals surface area contributed by atoms with Gasteiger partial charge in [-0.15, -0.1) is 0 Å². The summed E-state index contributed by atoms with van der Waals surface area (Å²) in [6.45, 7) is -3.57. The Morgan fingerprint density at radius 2 is 1.70 bits per heavy atom. The molecule has 0 bridgehead atoms. The maximum Gasteiger partial charge on any atom is 0.387 e. The number of alkyl halides is 2. The van der Waals surface area contributed by atoms with Gasteiger partial charge in [-0.05, 0) is 42.8 Å². The molecule has 2 aromatic carbocycles. The van der Waals surface area contributed by atoms with Crippen molar-refractivity contribution in [1.29, 1.82) is 0 Å². The molecular weight excluding hydrogens is 603 g/mol. The van der Waals surface area contributed by atoms with Crippen molar-refractivity contribution in [1.82, 2.24) is 10.3 Å². The van der Waals surface area contributed by atoms with E-state index < -0.39 is 75.8 Å². The Labute approximate surface area is 242 Å². The van der Waals surface area contributed by atoms with Crippen molar-refractivity contribution in [3.05, 3.63) is 77.1 Å². The van der Waals surface area contributed by atoms with Gasteiger partial charge in [-0.1, -0.05) is 0 Å². The first kappa shape index (κ1) is 30.0. The number of rotatable bonds is 8. The molecule has 5 rings (SSSR count). The lowest BCUT2D eigenvalue weighted by Crippen LogP contribution is -2.44. The zero-order valence-corrected chi connectivity index (χ0v) is 23.1. The molecule has 10 nitrogen and oxygen atoms in total. The molecule has 0 unspecified atom stereocenters. The minimum absolute atomic E-state index is 0.0824. The topological polar surface area (TPSA) is 118 Å². The van der Waals surface area contributed by atoms with Gasteiger partial charge >= 0.3 is 6.61 Å². The first-order valence-corrected chi connectivity index (χ1v) is 14.4. The smallest absolute Gasteiger partial charge is 0.387 e. The summed E-state index contributed by atoms with van der Waals surface area (Å²) < 4.78 is 105. The standard InChI is InChI=1S/C27H23F5N4O6S/c1-41-16-11-19(29)22(20(30)12-16)17-13-35(24-18(28)7-8-21(33-24)36-9-2-10-43(36,39)40)26(38)23(17)34-25(37)14-3-5-15(6-4-14)42-27(31)32/h3-8,11-12,17,23,27H,2,9-10,13H2,1H3,(H,34,37)/t17-,23-/m0/s1. The number of carbonyl (C=O) groups excluding carboxylic acids is 2. The van der Waals surface area contributed by atoms with Crippen molar-refractivity contribution < 1.29 is 49.4 Å². The first-order valence-electron chi connectivity index (χ1n) is 12.8. The normalized spacial score (nSPS) is 19.7. The average Bonchev–Trinajstić information content (AvgIpc) is 3.46. The lowest BCUT2D eigenvalue weighted by molar-refractivity contribution is -0.118. The highest BCUT2D eigenvalue weighted by molar-refractivity contribution is 7.93. The van der Waals surface area contributed by atoms with E-state index in [1.54, 1.807) is 0 Å². The fraction of sp³-hybridized carbons (Fsp3) is 0.296. The second-order valence-electron chi connectivity index (χ2n) is 9.63. The van der Waals surface area contributed by atoms with Crippen molar-refractivity contribution >= 4 is 33.5 Å². The van der Waals surface area contributed by atoms with Gasteiger partial charge in [-0.25, -0.2) is 26.6 Å². The molecule has 2 aliphatic heterocycles. The number of sulfonamides is 1. The molecule has 0 saturated carbocycles. The number of anilines is 2. The Bertz CT molecular complexity index is 1650. The molecule has 1 aromatic heterocycles. The molecule has 43 heavy (non-hydrogen) atoms. The van der Waals surface area contributed by atoms with Crippen LogP contribution in [0.2, 0.25) is 0 Å². The van der Waals surface area contributed by atoms with Crippen molar-refractivity contribution in [2.75, 3.05) is 35.2 Å². The Morgan fingerprint density at radius 1 is 1.02 bits per heavy atom. The molecule has 0 aliphatic carbocycles. The zero-order chi connectivity index (χ0) is 31.1. The van der Waals surface area contributed by atoms with Gasteiger partial charge in [0.1, 0.15) is 35.0 Å². The van der Waals surface area contributed by atoms with Crippen LogP contribution in [0.3, 0.4) is 0 Å². The zero-order valence-electron chi connectivity index (χ0n) is 22.3. The van der Waals surface area contributed by atoms with E-state index >= 15 is 13.2 Å². The number of carbonyl (C=O) groups is 2. The Hall–Kier alpha value is -4.47. The first-order chi connectivity index (χ1) is 20.4. The molecule has 2 amide bonds. The molecule has 3 heterocycles. The van der Waals surface area contributed by atoms with Crippen LogP contribution in [0.25, 0.3) is 0 Å². The predicted octanol–water partition coefficient (Wildman–Crippen LogP) is 3.58. The molecule has 3 aromatic rings. The van der Waals surface area contributed by atoms with E-state index in [4.69, 9.17) is 4.74 Å². The second kappa shape index (κ2) is 11.7. The number of halogens is 5. The van der Waals surface area contributed by atoms with Gasteiger partial charge in [-0.2, -0.15) is 8.78 Å². The number of nitrogens with zero attached hydrogens (tertiary/aromatic N) is 3. The summed E-state index contributed by atoms with van der Waals surface area (Å²) in [5.41, 5.74) is -0.700. The highest BCUT2D eigenvalue weighted by atomic mass is 32.2. The van der Waals surface area contributed by atoms with Gasteiger partial charge in [0.2, 0.25) is 10.0 Å². The average molecular weight is 627 g/mol. The Balaban J connectivity index is 1.52. The van der Waals surface area contributed by atoms with Crippen LogP contribution in [-0.4, -0.2) is 63.8 Å². The third kappa shape index (κ3) is 5.91. The van der Waals surface area contributed by atoms with E-state index in [1.165, 1.54) is 7.11 Å². The fourth-order valence-corrected chi connectivity index (χ4v) is 6.54. The van der Waals surface area contributed by atoms with Gasteiger partial charge in [0, 0.05) is 42.3 Å². The summed E-state index contributed by atoms with van der Waals surface area (Å²) in [7, 11) is -2.53. The highest BCUT2D eigenvalue weighted by Crippen LogP contribution is 2.37. The van der Waals surface area contributed by atoms with E-state index in [0.29, 0.717) is 6.42 Å². The van der Waals surface area contributed by atoms with Crippen LogP contribution in [0.15, 0.2) is 48.5 Å². The lowest BCUT2D eigenvalue weighted by atomic mass is 9.92. The fourth-order valence-electron chi connectivity index (χ4n) is 5.04. The summed E-state index contributed by atoms with van der Waals surface area (Å²) in [6.07, 6.45) is 0.306. The van der Waals surface area contributed by atoms with Crippen LogP contribution in [-0.2, 0) is 14.8 Å². The maximum atomic E-state index is 15.2. The van der Waals surface area contributed by atoms with E-state index in [-0.39, 0.29) is 35.2 Å². The molecule has 228 valence electrons. The number of pyridine rings is 1. The molecule has 2 atom stereocenters. The molecule has 2 saturated heterocycles. The molecule has 2 aliphatic rings. The summed E-state index contributed by atoms with van der Waals surface area (Å²) in [5.74, 6) is -7.83. The van der Waals surface area contributed by atoms with Crippen molar-refractivity contribution in [2.45, 2.75) is 25.0 Å². The van der Waals surface area contributed by atoms with Crippen molar-refractivity contribution in [2.24, 2.45) is 0 Å². The van der Waals surface area contributed by atoms with Gasteiger partial charge in [0.05, 0.1) is 12.9 Å². The maximum absolute atomic E-state index is 15.2.